The van der Waals surface area contributed by atoms with Crippen LogP contribution in [0.25, 0.3) is 0 Å². The van der Waals surface area contributed by atoms with E-state index in [1.807, 2.05) is 12.1 Å². The van der Waals surface area contributed by atoms with Crippen LogP contribution in [0.15, 0.2) is 36.5 Å². The van der Waals surface area contributed by atoms with Gasteiger partial charge in [0.1, 0.15) is 11.9 Å². The monoisotopic (exact) mass is 370 g/mol. The van der Waals surface area contributed by atoms with Gasteiger partial charge in [-0.1, -0.05) is 30.5 Å². The molecular formula is C22H27ClN2O. The summed E-state index contributed by atoms with van der Waals surface area (Å²) >= 11 is 6.24. The molecule has 0 radical (unpaired) electrons. The number of hydrogen-bond donors (Lipinski definition) is 0. The largest absolute Gasteiger partial charge is 0.484 e. The molecule has 0 amide bonds. The number of hydrogen-bond acceptors (Lipinski definition) is 2. The molecule has 1 aromatic carbocycles. The van der Waals surface area contributed by atoms with E-state index >= 15 is 0 Å². The van der Waals surface area contributed by atoms with E-state index in [0.717, 1.165) is 23.2 Å². The maximum atomic E-state index is 6.58. The molecule has 1 saturated heterocycles. The Bertz CT molecular complexity index is 774. The van der Waals surface area contributed by atoms with Gasteiger partial charge >= 0.3 is 0 Å². The van der Waals surface area contributed by atoms with Crippen molar-refractivity contribution in [3.63, 3.8) is 0 Å². The average Bonchev–Trinajstić information content (AvgIpc) is 3.40. The molecule has 1 saturated carbocycles. The van der Waals surface area contributed by atoms with Crippen molar-refractivity contribution in [1.82, 2.24) is 9.47 Å². The molecule has 2 fully saturated rings. The fourth-order valence-electron chi connectivity index (χ4n) is 4.57. The van der Waals surface area contributed by atoms with Gasteiger partial charge in [-0.2, -0.15) is 0 Å². The van der Waals surface area contributed by atoms with Gasteiger partial charge in [0.2, 0.25) is 0 Å². The number of likely N-dealkylation sites (tertiary alicyclic amines) is 1. The minimum absolute atomic E-state index is 0.135. The molecule has 0 N–H and O–H groups in total. The summed E-state index contributed by atoms with van der Waals surface area (Å²) in [5, 5.41) is 0.754. The molecule has 3 nitrogen and oxygen atoms in total. The Morgan fingerprint density at radius 1 is 1.08 bits per heavy atom. The van der Waals surface area contributed by atoms with E-state index in [-0.39, 0.29) is 6.10 Å². The molecule has 0 bridgehead atoms. The predicted molar refractivity (Wildman–Crippen MR) is 105 cm³/mol. The molecule has 2 aliphatic heterocycles. The number of fused-ring (bicyclic) bond motifs is 2. The summed E-state index contributed by atoms with van der Waals surface area (Å²) in [6.07, 6.45) is 9.08. The summed E-state index contributed by atoms with van der Waals surface area (Å²) in [4.78, 5) is 2.66. The quantitative estimate of drug-likeness (QED) is 0.741. The Kier molecular flexibility index (Phi) is 4.46. The zero-order chi connectivity index (χ0) is 17.5. The van der Waals surface area contributed by atoms with E-state index in [1.54, 1.807) is 0 Å². The molecule has 1 atom stereocenters. The molecule has 2 aromatic rings. The van der Waals surface area contributed by atoms with Gasteiger partial charge in [-0.3, -0.25) is 0 Å². The number of nitrogens with zero attached hydrogens (tertiary/aromatic N) is 2. The highest BCUT2D eigenvalue weighted by atomic mass is 35.5. The highest BCUT2D eigenvalue weighted by Crippen LogP contribution is 2.40. The fraction of sp³-hybridized carbons (Fsp3) is 0.545. The van der Waals surface area contributed by atoms with Crippen LogP contribution in [0.2, 0.25) is 5.02 Å². The van der Waals surface area contributed by atoms with Crippen LogP contribution in [0.4, 0.5) is 0 Å². The van der Waals surface area contributed by atoms with Crippen LogP contribution in [0.3, 0.4) is 0 Å². The second kappa shape index (κ2) is 6.94. The second-order valence-electron chi connectivity index (χ2n) is 8.26. The number of aromatic nitrogens is 1. The molecule has 1 aromatic heterocycles. The normalized spacial score (nSPS) is 23.8. The molecular weight excluding hydrogens is 344 g/mol. The van der Waals surface area contributed by atoms with Crippen molar-refractivity contribution in [2.24, 2.45) is 11.8 Å². The molecule has 138 valence electrons. The predicted octanol–water partition coefficient (Wildman–Crippen LogP) is 5.14. The minimum Gasteiger partial charge on any atom is -0.484 e. The van der Waals surface area contributed by atoms with Crippen LogP contribution in [0.1, 0.15) is 49.5 Å². The molecule has 4 heteroatoms. The van der Waals surface area contributed by atoms with E-state index in [2.05, 4.69) is 33.9 Å². The van der Waals surface area contributed by atoms with Gasteiger partial charge in [-0.05, 0) is 69.1 Å². The molecule has 5 rings (SSSR count). The van der Waals surface area contributed by atoms with Crippen molar-refractivity contribution in [2.45, 2.75) is 44.8 Å². The van der Waals surface area contributed by atoms with Gasteiger partial charge < -0.3 is 14.2 Å². The number of piperidine rings is 1. The lowest BCUT2D eigenvalue weighted by Gasteiger charge is -2.36. The molecule has 26 heavy (non-hydrogen) atoms. The first kappa shape index (κ1) is 16.7. The summed E-state index contributed by atoms with van der Waals surface area (Å²) in [7, 11) is 0. The Morgan fingerprint density at radius 3 is 2.73 bits per heavy atom. The number of rotatable bonds is 4. The van der Waals surface area contributed by atoms with Gasteiger partial charge in [0.25, 0.3) is 0 Å². The van der Waals surface area contributed by atoms with Crippen molar-refractivity contribution in [3.8, 4) is 5.75 Å². The zero-order valence-electron chi connectivity index (χ0n) is 15.2. The third-order valence-electron chi connectivity index (χ3n) is 6.39. The van der Waals surface area contributed by atoms with Crippen LogP contribution in [0, 0.1) is 11.8 Å². The summed E-state index contributed by atoms with van der Waals surface area (Å²) in [6.45, 7) is 4.57. The number of ether oxygens (including phenoxy) is 1. The van der Waals surface area contributed by atoms with Gasteiger partial charge in [0, 0.05) is 22.7 Å². The smallest absolute Gasteiger partial charge is 0.141 e. The fourth-order valence-corrected chi connectivity index (χ4v) is 4.73. The highest BCUT2D eigenvalue weighted by Gasteiger charge is 2.33. The maximum absolute atomic E-state index is 6.58. The van der Waals surface area contributed by atoms with E-state index < -0.39 is 0 Å². The second-order valence-corrected chi connectivity index (χ2v) is 8.70. The molecule has 1 unspecified atom stereocenters. The summed E-state index contributed by atoms with van der Waals surface area (Å²) < 4.78 is 8.93. The summed E-state index contributed by atoms with van der Waals surface area (Å²) in [5.74, 6) is 2.57. The Labute approximate surface area is 160 Å². The van der Waals surface area contributed by atoms with Crippen LogP contribution < -0.4 is 4.74 Å². The first-order valence-electron chi connectivity index (χ1n) is 10.1. The molecule has 3 heterocycles. The standard InChI is InChI=1S/C22H27ClN2O/c23-19-6-5-18-15-25-10-1-2-20(25)22(26-21(18)14-19)17-8-12-24(13-9-17)11-7-16-3-4-16/h1-2,5-6,10,14,16-17,22H,3-4,7-9,11-13,15H2. The maximum Gasteiger partial charge on any atom is 0.141 e. The molecule has 1 aliphatic carbocycles. The average molecular weight is 371 g/mol. The topological polar surface area (TPSA) is 17.4 Å². The van der Waals surface area contributed by atoms with Crippen LogP contribution >= 0.6 is 11.6 Å². The minimum atomic E-state index is 0.135. The highest BCUT2D eigenvalue weighted by molar-refractivity contribution is 6.30. The van der Waals surface area contributed by atoms with Crippen molar-refractivity contribution in [1.29, 1.82) is 0 Å². The van der Waals surface area contributed by atoms with E-state index in [9.17, 15) is 0 Å². The first-order valence-corrected chi connectivity index (χ1v) is 10.5. The van der Waals surface area contributed by atoms with E-state index in [0.29, 0.717) is 5.92 Å². The molecule has 0 spiro atoms. The number of benzene rings is 1. The van der Waals surface area contributed by atoms with Gasteiger partial charge in [0.15, 0.2) is 0 Å². The van der Waals surface area contributed by atoms with Crippen LogP contribution in [0.5, 0.6) is 5.75 Å². The Morgan fingerprint density at radius 2 is 1.92 bits per heavy atom. The van der Waals surface area contributed by atoms with E-state index in [4.69, 9.17) is 16.3 Å². The zero-order valence-corrected chi connectivity index (χ0v) is 16.0. The Balaban J connectivity index is 1.33. The Hall–Kier alpha value is -1.45. The molecule has 3 aliphatic rings. The third-order valence-corrected chi connectivity index (χ3v) is 6.63. The van der Waals surface area contributed by atoms with Crippen molar-refractivity contribution in [2.75, 3.05) is 19.6 Å². The lowest BCUT2D eigenvalue weighted by atomic mass is 9.89. The summed E-state index contributed by atoms with van der Waals surface area (Å²) in [5.41, 5.74) is 2.53. The van der Waals surface area contributed by atoms with Crippen LogP contribution in [-0.2, 0) is 6.54 Å². The third kappa shape index (κ3) is 3.39. The number of halogens is 1. The summed E-state index contributed by atoms with van der Waals surface area (Å²) in [6, 6.07) is 10.4. The first-order chi connectivity index (χ1) is 12.8. The van der Waals surface area contributed by atoms with Crippen LogP contribution in [-0.4, -0.2) is 29.1 Å². The lowest BCUT2D eigenvalue weighted by Crippen LogP contribution is -2.37. The van der Waals surface area contributed by atoms with Crippen molar-refractivity contribution >= 4 is 11.6 Å². The SMILES string of the molecule is Clc1ccc2c(c1)OC(C1CCN(CCC3CC3)CC1)c1cccn1C2. The van der Waals surface area contributed by atoms with Crippen molar-refractivity contribution in [3.05, 3.63) is 52.8 Å². The van der Waals surface area contributed by atoms with Gasteiger partial charge in [-0.25, -0.2) is 0 Å². The van der Waals surface area contributed by atoms with E-state index in [1.165, 1.54) is 63.0 Å². The van der Waals surface area contributed by atoms with Gasteiger partial charge in [-0.15, -0.1) is 0 Å². The van der Waals surface area contributed by atoms with Gasteiger partial charge in [0.05, 0.1) is 12.2 Å². The van der Waals surface area contributed by atoms with Crippen molar-refractivity contribution < 1.29 is 4.74 Å². The lowest BCUT2D eigenvalue weighted by molar-refractivity contribution is 0.0732.